The zero-order valence-electron chi connectivity index (χ0n) is 11.9. The first-order valence-electron chi connectivity index (χ1n) is 6.82. The van der Waals surface area contributed by atoms with Crippen molar-refractivity contribution in [1.82, 2.24) is 9.97 Å². The predicted octanol–water partition coefficient (Wildman–Crippen LogP) is 4.28. The number of rotatable bonds is 4. The second kappa shape index (κ2) is 7.02. The summed E-state index contributed by atoms with van der Waals surface area (Å²) < 4.78 is 6.45. The van der Waals surface area contributed by atoms with E-state index in [9.17, 15) is 4.79 Å². The van der Waals surface area contributed by atoms with E-state index in [1.165, 1.54) is 6.20 Å². The van der Waals surface area contributed by atoms with E-state index in [-0.39, 0.29) is 5.91 Å². The maximum Gasteiger partial charge on any atom is 0.257 e. The molecule has 0 atom stereocenters. The summed E-state index contributed by atoms with van der Waals surface area (Å²) in [5, 5.41) is 2.79. The Balaban J connectivity index is 1.82. The fourth-order valence-corrected chi connectivity index (χ4v) is 2.26. The fraction of sp³-hybridized carbons (Fsp3) is 0. The lowest BCUT2D eigenvalue weighted by Gasteiger charge is -2.11. The molecule has 0 aliphatic heterocycles. The van der Waals surface area contributed by atoms with Gasteiger partial charge < -0.3 is 10.1 Å². The quantitative estimate of drug-likeness (QED) is 0.745. The molecule has 0 unspecified atom stereocenters. The number of halogens is 1. The van der Waals surface area contributed by atoms with Crippen molar-refractivity contribution in [2.45, 2.75) is 0 Å². The number of carbonyl (C=O) groups is 1. The molecule has 1 N–H and O–H groups in total. The molecule has 2 aromatic heterocycles. The van der Waals surface area contributed by atoms with Gasteiger partial charge >= 0.3 is 0 Å². The topological polar surface area (TPSA) is 64.1 Å². The summed E-state index contributed by atoms with van der Waals surface area (Å²) in [6.45, 7) is 0. The van der Waals surface area contributed by atoms with Crippen LogP contribution in [-0.2, 0) is 0 Å². The third-order valence-corrected chi connectivity index (χ3v) is 3.38. The molecule has 0 fully saturated rings. The molecule has 114 valence electrons. The number of aromatic nitrogens is 2. The number of hydrogen-bond donors (Lipinski definition) is 1. The van der Waals surface area contributed by atoms with Crippen LogP contribution in [0.1, 0.15) is 10.4 Å². The smallest absolute Gasteiger partial charge is 0.257 e. The SMILES string of the molecule is O=C(Nc1cccnc1Oc1ccccc1)c1cncc(Br)c1. The van der Waals surface area contributed by atoms with E-state index in [2.05, 4.69) is 31.2 Å². The molecule has 0 radical (unpaired) electrons. The lowest BCUT2D eigenvalue weighted by atomic mass is 10.2. The van der Waals surface area contributed by atoms with E-state index in [4.69, 9.17) is 4.74 Å². The molecule has 1 aromatic carbocycles. The normalized spacial score (nSPS) is 10.1. The van der Waals surface area contributed by atoms with Crippen molar-refractivity contribution in [3.05, 3.63) is 77.2 Å². The van der Waals surface area contributed by atoms with Gasteiger partial charge in [0.25, 0.3) is 5.91 Å². The van der Waals surface area contributed by atoms with Gasteiger partial charge in [-0.3, -0.25) is 9.78 Å². The summed E-state index contributed by atoms with van der Waals surface area (Å²) in [5.41, 5.74) is 0.926. The molecule has 0 saturated heterocycles. The first kappa shape index (κ1) is 15.2. The number of pyridine rings is 2. The number of ether oxygens (including phenoxy) is 1. The zero-order chi connectivity index (χ0) is 16.1. The summed E-state index contributed by atoms with van der Waals surface area (Å²) in [6.07, 6.45) is 4.72. The van der Waals surface area contributed by atoms with Gasteiger partial charge in [0.05, 0.1) is 5.56 Å². The predicted molar refractivity (Wildman–Crippen MR) is 90.6 cm³/mol. The molecule has 0 aliphatic rings. The molecular formula is C17H12BrN3O2. The Kier molecular flexibility index (Phi) is 4.63. The minimum Gasteiger partial charge on any atom is -0.437 e. The standard InChI is InChI=1S/C17H12BrN3O2/c18-13-9-12(10-19-11-13)16(22)21-15-7-4-8-20-17(15)23-14-5-2-1-3-6-14/h1-11H,(H,21,22). The highest BCUT2D eigenvalue weighted by atomic mass is 79.9. The number of nitrogens with one attached hydrogen (secondary N) is 1. The summed E-state index contributed by atoms with van der Waals surface area (Å²) in [5.74, 6) is 0.686. The highest BCUT2D eigenvalue weighted by molar-refractivity contribution is 9.10. The summed E-state index contributed by atoms with van der Waals surface area (Å²) in [7, 11) is 0. The number of carbonyl (C=O) groups excluding carboxylic acids is 1. The van der Waals surface area contributed by atoms with Crippen molar-refractivity contribution in [3.8, 4) is 11.6 Å². The van der Waals surface area contributed by atoms with E-state index in [0.717, 1.165) is 4.47 Å². The second-order valence-electron chi connectivity index (χ2n) is 4.62. The molecule has 23 heavy (non-hydrogen) atoms. The number of amides is 1. The van der Waals surface area contributed by atoms with E-state index < -0.39 is 0 Å². The van der Waals surface area contributed by atoms with E-state index in [1.54, 1.807) is 30.6 Å². The lowest BCUT2D eigenvalue weighted by molar-refractivity contribution is 0.102. The molecular weight excluding hydrogens is 358 g/mol. The minimum absolute atomic E-state index is 0.287. The highest BCUT2D eigenvalue weighted by Crippen LogP contribution is 2.27. The first-order chi connectivity index (χ1) is 11.2. The molecule has 3 aromatic rings. The van der Waals surface area contributed by atoms with Gasteiger partial charge in [-0.25, -0.2) is 4.98 Å². The van der Waals surface area contributed by atoms with Crippen LogP contribution in [0.25, 0.3) is 0 Å². The zero-order valence-corrected chi connectivity index (χ0v) is 13.5. The fourth-order valence-electron chi connectivity index (χ4n) is 1.90. The van der Waals surface area contributed by atoms with Crippen molar-refractivity contribution in [2.24, 2.45) is 0 Å². The van der Waals surface area contributed by atoms with Gasteiger partial charge in [-0.2, -0.15) is 0 Å². The Morgan fingerprint density at radius 3 is 2.70 bits per heavy atom. The maximum absolute atomic E-state index is 12.3. The molecule has 5 nitrogen and oxygen atoms in total. The van der Waals surface area contributed by atoms with Crippen molar-refractivity contribution in [1.29, 1.82) is 0 Å². The van der Waals surface area contributed by atoms with E-state index in [0.29, 0.717) is 22.9 Å². The van der Waals surface area contributed by atoms with Crippen molar-refractivity contribution >= 4 is 27.5 Å². The van der Waals surface area contributed by atoms with Crippen molar-refractivity contribution in [2.75, 3.05) is 5.32 Å². The third-order valence-electron chi connectivity index (χ3n) is 2.94. The molecule has 1 amide bonds. The van der Waals surface area contributed by atoms with Crippen LogP contribution < -0.4 is 10.1 Å². The Morgan fingerprint density at radius 2 is 1.91 bits per heavy atom. The molecule has 0 bridgehead atoms. The van der Waals surface area contributed by atoms with Gasteiger partial charge in [-0.05, 0) is 46.3 Å². The summed E-state index contributed by atoms with van der Waals surface area (Å²) in [4.78, 5) is 20.5. The van der Waals surface area contributed by atoms with Gasteiger partial charge in [-0.15, -0.1) is 0 Å². The Morgan fingerprint density at radius 1 is 1.09 bits per heavy atom. The second-order valence-corrected chi connectivity index (χ2v) is 5.53. The Bertz CT molecular complexity index is 825. The largest absolute Gasteiger partial charge is 0.437 e. The number of benzene rings is 1. The van der Waals surface area contributed by atoms with E-state index in [1.807, 2.05) is 30.3 Å². The van der Waals surface area contributed by atoms with Gasteiger partial charge in [0, 0.05) is 23.1 Å². The van der Waals surface area contributed by atoms with Crippen LogP contribution in [-0.4, -0.2) is 15.9 Å². The van der Waals surface area contributed by atoms with Gasteiger partial charge in [-0.1, -0.05) is 18.2 Å². The molecule has 2 heterocycles. The minimum atomic E-state index is -0.287. The Labute approximate surface area is 141 Å². The lowest BCUT2D eigenvalue weighted by Crippen LogP contribution is -2.13. The average Bonchev–Trinajstić information content (AvgIpc) is 2.57. The van der Waals surface area contributed by atoms with Gasteiger partial charge in [0.2, 0.25) is 5.88 Å². The van der Waals surface area contributed by atoms with Crippen molar-refractivity contribution < 1.29 is 9.53 Å². The molecule has 6 heteroatoms. The number of hydrogen-bond acceptors (Lipinski definition) is 4. The third kappa shape index (κ3) is 3.92. The van der Waals surface area contributed by atoms with Crippen LogP contribution in [0.2, 0.25) is 0 Å². The van der Waals surface area contributed by atoms with Crippen LogP contribution in [0.4, 0.5) is 5.69 Å². The molecule has 0 aliphatic carbocycles. The van der Waals surface area contributed by atoms with Crippen LogP contribution in [0.15, 0.2) is 71.6 Å². The number of anilines is 1. The number of nitrogens with zero attached hydrogens (tertiary/aromatic N) is 2. The summed E-state index contributed by atoms with van der Waals surface area (Å²) in [6, 6.07) is 14.4. The maximum atomic E-state index is 12.3. The van der Waals surface area contributed by atoms with Crippen LogP contribution in [0.3, 0.4) is 0 Å². The average molecular weight is 370 g/mol. The van der Waals surface area contributed by atoms with E-state index >= 15 is 0 Å². The molecule has 3 rings (SSSR count). The highest BCUT2D eigenvalue weighted by Gasteiger charge is 2.12. The van der Waals surface area contributed by atoms with Gasteiger partial charge in [0.15, 0.2) is 0 Å². The monoisotopic (exact) mass is 369 g/mol. The Hall–Kier alpha value is -2.73. The van der Waals surface area contributed by atoms with Crippen LogP contribution in [0, 0.1) is 0 Å². The molecule has 0 saturated carbocycles. The van der Waals surface area contributed by atoms with Crippen molar-refractivity contribution in [3.63, 3.8) is 0 Å². The number of para-hydroxylation sites is 1. The van der Waals surface area contributed by atoms with Gasteiger partial charge in [0.1, 0.15) is 11.4 Å². The van der Waals surface area contributed by atoms with Crippen LogP contribution in [0.5, 0.6) is 11.6 Å². The first-order valence-corrected chi connectivity index (χ1v) is 7.61. The summed E-state index contributed by atoms with van der Waals surface area (Å²) >= 11 is 3.30. The molecule has 0 spiro atoms. The van der Waals surface area contributed by atoms with Crippen LogP contribution >= 0.6 is 15.9 Å².